The number of benzene rings is 1. The van der Waals surface area contributed by atoms with Crippen molar-refractivity contribution in [2.45, 2.75) is 24.4 Å². The van der Waals surface area contributed by atoms with Gasteiger partial charge in [0, 0.05) is 10.9 Å². The maximum absolute atomic E-state index is 11.4. The van der Waals surface area contributed by atoms with Crippen LogP contribution in [0.15, 0.2) is 44.9 Å². The van der Waals surface area contributed by atoms with Crippen LogP contribution in [0, 0.1) is 0 Å². The molecular formula is C13H11BrN4OS. The fourth-order valence-corrected chi connectivity index (χ4v) is 3.34. The molecule has 0 bridgehead atoms. The summed E-state index contributed by atoms with van der Waals surface area (Å²) in [7, 11) is 0. The van der Waals surface area contributed by atoms with E-state index in [0.717, 1.165) is 27.9 Å². The smallest absolute Gasteiger partial charge is 0.218 e. The maximum Gasteiger partial charge on any atom is 0.218 e. The van der Waals surface area contributed by atoms with Gasteiger partial charge >= 0.3 is 0 Å². The highest BCUT2D eigenvalue weighted by molar-refractivity contribution is 9.10. The molecule has 1 aliphatic carbocycles. The Labute approximate surface area is 128 Å². The van der Waals surface area contributed by atoms with E-state index in [1.54, 1.807) is 10.8 Å². The first-order valence-electron chi connectivity index (χ1n) is 6.18. The molecule has 0 unspecified atom stereocenters. The van der Waals surface area contributed by atoms with Gasteiger partial charge in [-0.2, -0.15) is 4.68 Å². The Morgan fingerprint density at radius 2 is 2.20 bits per heavy atom. The van der Waals surface area contributed by atoms with Crippen LogP contribution in [0.2, 0.25) is 0 Å². The maximum atomic E-state index is 11.4. The second-order valence-corrected chi connectivity index (χ2v) is 6.40. The molecule has 1 aromatic carbocycles. The molecule has 0 fully saturated rings. The Balaban J connectivity index is 1.89. The zero-order chi connectivity index (χ0) is 13.9. The number of carbonyl (C=O) groups is 1. The zero-order valence-corrected chi connectivity index (χ0v) is 12.9. The number of aromatic nitrogens is 4. The molecule has 20 heavy (non-hydrogen) atoms. The van der Waals surface area contributed by atoms with Crippen LogP contribution in [0.1, 0.15) is 19.3 Å². The van der Waals surface area contributed by atoms with Gasteiger partial charge in [-0.15, -0.1) is 5.10 Å². The molecule has 3 rings (SSSR count). The van der Waals surface area contributed by atoms with E-state index in [-0.39, 0.29) is 5.78 Å². The lowest BCUT2D eigenvalue weighted by molar-refractivity contribution is -0.115. The number of ketones is 1. The molecule has 0 atom stereocenters. The molecule has 0 saturated carbocycles. The van der Waals surface area contributed by atoms with Crippen LogP contribution in [0.4, 0.5) is 0 Å². The predicted molar refractivity (Wildman–Crippen MR) is 79.7 cm³/mol. The molecule has 1 aromatic heterocycles. The van der Waals surface area contributed by atoms with Gasteiger partial charge in [0.15, 0.2) is 5.78 Å². The van der Waals surface area contributed by atoms with Gasteiger partial charge in [0.2, 0.25) is 5.16 Å². The number of rotatable bonds is 3. The van der Waals surface area contributed by atoms with Gasteiger partial charge in [-0.3, -0.25) is 4.79 Å². The summed E-state index contributed by atoms with van der Waals surface area (Å²) >= 11 is 4.89. The van der Waals surface area contributed by atoms with Gasteiger partial charge < -0.3 is 0 Å². The molecule has 0 spiro atoms. The van der Waals surface area contributed by atoms with Crippen molar-refractivity contribution < 1.29 is 4.79 Å². The summed E-state index contributed by atoms with van der Waals surface area (Å²) in [6.07, 6.45) is 4.15. The van der Waals surface area contributed by atoms with Crippen LogP contribution >= 0.6 is 27.7 Å². The number of carbonyl (C=O) groups excluding carboxylic acids is 1. The lowest BCUT2D eigenvalue weighted by Crippen LogP contribution is -2.03. The molecule has 0 radical (unpaired) electrons. The van der Waals surface area contributed by atoms with Crippen molar-refractivity contribution in [2.24, 2.45) is 0 Å². The van der Waals surface area contributed by atoms with E-state index in [2.05, 4.69) is 31.5 Å². The molecule has 7 heteroatoms. The summed E-state index contributed by atoms with van der Waals surface area (Å²) < 4.78 is 2.64. The number of allylic oxidation sites excluding steroid dienone is 2. The van der Waals surface area contributed by atoms with Crippen molar-refractivity contribution in [1.29, 1.82) is 0 Å². The van der Waals surface area contributed by atoms with E-state index < -0.39 is 0 Å². The van der Waals surface area contributed by atoms with Crippen molar-refractivity contribution in [2.75, 3.05) is 0 Å². The first-order valence-corrected chi connectivity index (χ1v) is 7.79. The third-order valence-electron chi connectivity index (χ3n) is 2.88. The molecule has 102 valence electrons. The Hall–Kier alpha value is -1.47. The minimum Gasteiger partial charge on any atom is -0.295 e. The topological polar surface area (TPSA) is 60.7 Å². The van der Waals surface area contributed by atoms with Crippen molar-refractivity contribution in [3.63, 3.8) is 0 Å². The average Bonchev–Trinajstić information content (AvgIpc) is 2.87. The van der Waals surface area contributed by atoms with E-state index in [0.29, 0.717) is 11.6 Å². The van der Waals surface area contributed by atoms with Crippen LogP contribution in [-0.2, 0) is 4.79 Å². The minimum absolute atomic E-state index is 0.181. The lowest BCUT2D eigenvalue weighted by Gasteiger charge is -2.10. The van der Waals surface area contributed by atoms with E-state index in [1.165, 1.54) is 11.8 Å². The third kappa shape index (κ3) is 2.99. The minimum atomic E-state index is 0.181. The zero-order valence-electron chi connectivity index (χ0n) is 10.5. The lowest BCUT2D eigenvalue weighted by atomic mass is 10.1. The SMILES string of the molecule is O=C1C=C(Sc2nnnn2-c2cccc(Br)c2)CCC1. The Kier molecular flexibility index (Phi) is 3.98. The monoisotopic (exact) mass is 350 g/mol. The molecule has 2 aromatic rings. The largest absolute Gasteiger partial charge is 0.295 e. The first kappa shape index (κ1) is 13.5. The van der Waals surface area contributed by atoms with Crippen LogP contribution in [0.5, 0.6) is 0 Å². The highest BCUT2D eigenvalue weighted by Gasteiger charge is 2.15. The fraction of sp³-hybridized carbons (Fsp3) is 0.231. The second kappa shape index (κ2) is 5.88. The third-order valence-corrected chi connectivity index (χ3v) is 4.40. The standard InChI is InChI=1S/C13H11BrN4OS/c14-9-3-1-4-10(7-9)18-13(15-16-17-18)20-12-6-2-5-11(19)8-12/h1,3-4,7-8H,2,5-6H2. The van der Waals surface area contributed by atoms with E-state index in [9.17, 15) is 4.79 Å². The molecule has 1 heterocycles. The number of hydrogen-bond acceptors (Lipinski definition) is 5. The first-order chi connectivity index (χ1) is 9.72. The van der Waals surface area contributed by atoms with Gasteiger partial charge in [-0.05, 0) is 52.4 Å². The van der Waals surface area contributed by atoms with Crippen LogP contribution in [0.25, 0.3) is 5.69 Å². The summed E-state index contributed by atoms with van der Waals surface area (Å²) in [5.74, 6) is 0.181. The summed E-state index contributed by atoms with van der Waals surface area (Å²) in [5, 5.41) is 12.5. The van der Waals surface area contributed by atoms with Crippen molar-refractivity contribution in [1.82, 2.24) is 20.2 Å². The molecule has 0 aliphatic heterocycles. The highest BCUT2D eigenvalue weighted by Crippen LogP contribution is 2.32. The highest BCUT2D eigenvalue weighted by atomic mass is 79.9. The van der Waals surface area contributed by atoms with Gasteiger partial charge in [0.05, 0.1) is 5.69 Å². The second-order valence-electron chi connectivity index (χ2n) is 4.39. The van der Waals surface area contributed by atoms with Crippen molar-refractivity contribution in [3.8, 4) is 5.69 Å². The molecule has 0 saturated heterocycles. The van der Waals surface area contributed by atoms with E-state index in [4.69, 9.17) is 0 Å². The molecule has 0 amide bonds. The van der Waals surface area contributed by atoms with Crippen LogP contribution < -0.4 is 0 Å². The van der Waals surface area contributed by atoms with Gasteiger partial charge in [0.1, 0.15) is 0 Å². The fourth-order valence-electron chi connectivity index (χ4n) is 1.97. The normalized spacial score (nSPS) is 15.2. The number of nitrogens with zero attached hydrogens (tertiary/aromatic N) is 4. The number of tetrazole rings is 1. The predicted octanol–water partition coefficient (Wildman–Crippen LogP) is 3.15. The van der Waals surface area contributed by atoms with Gasteiger partial charge in [-0.25, -0.2) is 0 Å². The average molecular weight is 351 g/mol. The molecule has 0 N–H and O–H groups in total. The van der Waals surface area contributed by atoms with Gasteiger partial charge in [0.25, 0.3) is 0 Å². The summed E-state index contributed by atoms with van der Waals surface area (Å²) in [6.45, 7) is 0. The Morgan fingerprint density at radius 1 is 1.30 bits per heavy atom. The van der Waals surface area contributed by atoms with E-state index in [1.807, 2.05) is 24.3 Å². The molecule has 1 aliphatic rings. The van der Waals surface area contributed by atoms with E-state index >= 15 is 0 Å². The summed E-state index contributed by atoms with van der Waals surface area (Å²) in [5.41, 5.74) is 0.884. The molecule has 5 nitrogen and oxygen atoms in total. The Morgan fingerprint density at radius 3 is 3.00 bits per heavy atom. The van der Waals surface area contributed by atoms with Crippen molar-refractivity contribution in [3.05, 3.63) is 39.7 Å². The quantitative estimate of drug-likeness (QED) is 0.850. The number of halogens is 1. The van der Waals surface area contributed by atoms with Crippen molar-refractivity contribution >= 4 is 33.5 Å². The number of thioether (sulfide) groups is 1. The molecular weight excluding hydrogens is 340 g/mol. The van der Waals surface area contributed by atoms with Crippen LogP contribution in [-0.4, -0.2) is 26.0 Å². The Bertz CT molecular complexity index is 683. The van der Waals surface area contributed by atoms with Crippen LogP contribution in [0.3, 0.4) is 0 Å². The number of hydrogen-bond donors (Lipinski definition) is 0. The summed E-state index contributed by atoms with van der Waals surface area (Å²) in [4.78, 5) is 12.5. The van der Waals surface area contributed by atoms with Gasteiger partial charge in [-0.1, -0.05) is 33.8 Å². The summed E-state index contributed by atoms with van der Waals surface area (Å²) in [6, 6.07) is 7.76.